The van der Waals surface area contributed by atoms with Crippen LogP contribution in [0, 0.1) is 17.5 Å². The predicted octanol–water partition coefficient (Wildman–Crippen LogP) is 4.70. The van der Waals surface area contributed by atoms with E-state index in [0.717, 1.165) is 11.6 Å². The third-order valence-corrected chi connectivity index (χ3v) is 3.21. The highest BCUT2D eigenvalue weighted by Gasteiger charge is 2.10. The molecule has 2 aromatic rings. The van der Waals surface area contributed by atoms with E-state index in [1.165, 1.54) is 0 Å². The van der Waals surface area contributed by atoms with E-state index in [9.17, 15) is 18.0 Å². The van der Waals surface area contributed by atoms with Crippen molar-refractivity contribution in [3.8, 4) is 0 Å². The van der Waals surface area contributed by atoms with Crippen LogP contribution in [-0.2, 0) is 22.7 Å². The number of rotatable bonds is 7. The van der Waals surface area contributed by atoms with Crippen molar-refractivity contribution in [2.24, 2.45) is 0 Å². The van der Waals surface area contributed by atoms with Crippen molar-refractivity contribution in [3.05, 3.63) is 71.0 Å². The molecule has 25 heavy (non-hydrogen) atoms. The van der Waals surface area contributed by atoms with Crippen LogP contribution in [0.5, 0.6) is 0 Å². The van der Waals surface area contributed by atoms with Crippen LogP contribution in [0.3, 0.4) is 0 Å². The summed E-state index contributed by atoms with van der Waals surface area (Å²) in [6.07, 6.45) is 0.519. The molecule has 0 heterocycles. The highest BCUT2D eigenvalue weighted by molar-refractivity contribution is 5.74. The Kier molecular flexibility index (Phi) is 9.32. The van der Waals surface area contributed by atoms with E-state index >= 15 is 0 Å². The average molecular weight is 353 g/mol. The highest BCUT2D eigenvalue weighted by atomic mass is 19.2. The largest absolute Gasteiger partial charge is 0.273 e. The topological polar surface area (TPSA) is 38.3 Å². The first-order valence-corrected chi connectivity index (χ1v) is 8.14. The molecule has 0 fully saturated rings. The summed E-state index contributed by atoms with van der Waals surface area (Å²) in [5.41, 5.74) is 3.24. The fourth-order valence-electron chi connectivity index (χ4n) is 2.02. The van der Waals surface area contributed by atoms with Crippen LogP contribution in [0.25, 0.3) is 0 Å². The first-order chi connectivity index (χ1) is 12.1. The fourth-order valence-corrected chi connectivity index (χ4v) is 2.02. The third kappa shape index (κ3) is 7.39. The summed E-state index contributed by atoms with van der Waals surface area (Å²) in [5.74, 6) is -3.50. The summed E-state index contributed by atoms with van der Waals surface area (Å²) in [7, 11) is 0. The smallest absolute Gasteiger partial charge is 0.243 e. The van der Waals surface area contributed by atoms with Gasteiger partial charge in [0.15, 0.2) is 11.6 Å². The molecule has 3 nitrogen and oxygen atoms in total. The number of hydrogen-bond donors (Lipinski definition) is 1. The molecule has 2 rings (SSSR count). The Bertz CT molecular complexity index is 663. The first kappa shape index (κ1) is 20.7. The van der Waals surface area contributed by atoms with E-state index in [0.29, 0.717) is 12.5 Å². The van der Waals surface area contributed by atoms with Crippen LogP contribution < -0.4 is 5.48 Å². The molecule has 0 atom stereocenters. The molecular formula is C19H22F3NO2. The molecule has 0 saturated carbocycles. The standard InChI is InChI=1S/C17H16F3NO2.C2H6/c18-14-10-16(20)15(19)9-13(14)7-4-8-17(22)21-23-11-12-5-2-1-3-6-12;1-2/h1-3,5-6,9-10H,4,7-8,11H2,(H,21,22);1-2H3. The van der Waals surface area contributed by atoms with E-state index in [-0.39, 0.29) is 30.9 Å². The molecule has 0 aliphatic carbocycles. The normalized spacial score (nSPS) is 9.96. The number of carbonyl (C=O) groups is 1. The molecule has 0 spiro atoms. The van der Waals surface area contributed by atoms with Gasteiger partial charge in [-0.2, -0.15) is 0 Å². The minimum Gasteiger partial charge on any atom is -0.273 e. The summed E-state index contributed by atoms with van der Waals surface area (Å²) >= 11 is 0. The van der Waals surface area contributed by atoms with Gasteiger partial charge in [0.1, 0.15) is 5.82 Å². The van der Waals surface area contributed by atoms with Gasteiger partial charge in [0.25, 0.3) is 0 Å². The number of hydroxylamine groups is 1. The second-order valence-corrected chi connectivity index (χ2v) is 5.01. The number of carbonyl (C=O) groups excluding carboxylic acids is 1. The molecule has 0 bridgehead atoms. The van der Waals surface area contributed by atoms with Crippen molar-refractivity contribution < 1.29 is 22.8 Å². The molecule has 1 N–H and O–H groups in total. The van der Waals surface area contributed by atoms with Crippen molar-refractivity contribution in [3.63, 3.8) is 0 Å². The van der Waals surface area contributed by atoms with Gasteiger partial charge in [-0.05, 0) is 30.0 Å². The lowest BCUT2D eigenvalue weighted by molar-refractivity contribution is -0.134. The monoisotopic (exact) mass is 353 g/mol. The van der Waals surface area contributed by atoms with Crippen LogP contribution in [0.15, 0.2) is 42.5 Å². The Hall–Kier alpha value is -2.34. The summed E-state index contributed by atoms with van der Waals surface area (Å²) in [6.45, 7) is 4.24. The second-order valence-electron chi connectivity index (χ2n) is 5.01. The fraction of sp³-hybridized carbons (Fsp3) is 0.316. The molecule has 6 heteroatoms. The number of benzene rings is 2. The predicted molar refractivity (Wildman–Crippen MR) is 90.0 cm³/mol. The van der Waals surface area contributed by atoms with Crippen molar-refractivity contribution in [1.82, 2.24) is 5.48 Å². The lowest BCUT2D eigenvalue weighted by Crippen LogP contribution is -2.23. The summed E-state index contributed by atoms with van der Waals surface area (Å²) in [6, 6.07) is 10.6. The maximum atomic E-state index is 13.4. The van der Waals surface area contributed by atoms with E-state index in [1.807, 2.05) is 44.2 Å². The zero-order valence-electron chi connectivity index (χ0n) is 14.3. The number of nitrogens with one attached hydrogen (secondary N) is 1. The van der Waals surface area contributed by atoms with E-state index in [4.69, 9.17) is 4.84 Å². The molecule has 0 aromatic heterocycles. The summed E-state index contributed by atoms with van der Waals surface area (Å²) in [5, 5.41) is 0. The molecule has 0 aliphatic rings. The second kappa shape index (κ2) is 11.3. The summed E-state index contributed by atoms with van der Waals surface area (Å²) < 4.78 is 39.2. The quantitative estimate of drug-likeness (QED) is 0.579. The lowest BCUT2D eigenvalue weighted by atomic mass is 10.1. The Morgan fingerprint density at radius 2 is 1.64 bits per heavy atom. The molecule has 0 unspecified atom stereocenters. The van der Waals surface area contributed by atoms with E-state index in [1.54, 1.807) is 0 Å². The Balaban J connectivity index is 0.00000151. The number of halogens is 3. The van der Waals surface area contributed by atoms with Crippen LogP contribution in [0.4, 0.5) is 13.2 Å². The third-order valence-electron chi connectivity index (χ3n) is 3.21. The zero-order chi connectivity index (χ0) is 18.7. The van der Waals surface area contributed by atoms with E-state index < -0.39 is 17.5 Å². The van der Waals surface area contributed by atoms with Crippen LogP contribution in [-0.4, -0.2) is 5.91 Å². The van der Waals surface area contributed by atoms with Gasteiger partial charge in [-0.25, -0.2) is 18.7 Å². The molecule has 2 aromatic carbocycles. The average Bonchev–Trinajstić information content (AvgIpc) is 2.62. The maximum Gasteiger partial charge on any atom is 0.243 e. The van der Waals surface area contributed by atoms with Crippen molar-refractivity contribution in [1.29, 1.82) is 0 Å². The Labute approximate surface area is 145 Å². The number of amides is 1. The van der Waals surface area contributed by atoms with Gasteiger partial charge in [-0.15, -0.1) is 0 Å². The minimum absolute atomic E-state index is 0.0434. The van der Waals surface area contributed by atoms with Crippen molar-refractivity contribution in [2.75, 3.05) is 0 Å². The van der Waals surface area contributed by atoms with Gasteiger partial charge in [0, 0.05) is 12.5 Å². The molecule has 0 radical (unpaired) electrons. The van der Waals surface area contributed by atoms with Gasteiger partial charge in [0.05, 0.1) is 6.61 Å². The minimum atomic E-state index is -1.22. The van der Waals surface area contributed by atoms with Crippen LogP contribution >= 0.6 is 0 Å². The maximum absolute atomic E-state index is 13.4. The van der Waals surface area contributed by atoms with Crippen LogP contribution in [0.1, 0.15) is 37.8 Å². The highest BCUT2D eigenvalue weighted by Crippen LogP contribution is 2.15. The lowest BCUT2D eigenvalue weighted by Gasteiger charge is -2.07. The molecular weight excluding hydrogens is 331 g/mol. The van der Waals surface area contributed by atoms with Gasteiger partial charge < -0.3 is 0 Å². The van der Waals surface area contributed by atoms with Crippen molar-refractivity contribution in [2.45, 2.75) is 39.7 Å². The van der Waals surface area contributed by atoms with Gasteiger partial charge in [-0.1, -0.05) is 44.2 Å². The van der Waals surface area contributed by atoms with Crippen LogP contribution in [0.2, 0.25) is 0 Å². The van der Waals surface area contributed by atoms with E-state index in [2.05, 4.69) is 5.48 Å². The molecule has 1 amide bonds. The Morgan fingerprint density at radius 1 is 1.00 bits per heavy atom. The van der Waals surface area contributed by atoms with Crippen molar-refractivity contribution >= 4 is 5.91 Å². The zero-order valence-corrected chi connectivity index (χ0v) is 14.3. The first-order valence-electron chi connectivity index (χ1n) is 8.14. The summed E-state index contributed by atoms with van der Waals surface area (Å²) in [4.78, 5) is 16.6. The Morgan fingerprint density at radius 3 is 2.32 bits per heavy atom. The molecule has 0 saturated heterocycles. The van der Waals surface area contributed by atoms with Gasteiger partial charge in [-0.3, -0.25) is 9.63 Å². The number of aryl methyl sites for hydroxylation is 1. The number of hydrogen-bond acceptors (Lipinski definition) is 2. The SMILES string of the molecule is CC.O=C(CCCc1cc(F)c(F)cc1F)NOCc1ccccc1. The molecule has 0 aliphatic heterocycles. The van der Waals surface area contributed by atoms with Gasteiger partial charge in [0.2, 0.25) is 5.91 Å². The molecule has 136 valence electrons. The van der Waals surface area contributed by atoms with Gasteiger partial charge >= 0.3 is 0 Å².